The molecule has 4 aliphatic rings. The molecule has 3 N–H and O–H groups in total. The second-order valence-electron chi connectivity index (χ2n) is 18.5. The van der Waals surface area contributed by atoms with E-state index >= 15 is 0 Å². The van der Waals surface area contributed by atoms with Gasteiger partial charge in [-0.15, -0.1) is 0 Å². The Labute approximate surface area is 275 Å². The molecule has 4 nitrogen and oxygen atoms in total. The van der Waals surface area contributed by atoms with Crippen molar-refractivity contribution in [3.8, 4) is 0 Å². The minimum Gasteiger partial charge on any atom is -0.390 e. The number of allylic oxidation sites excluding steroid dienone is 1. The lowest BCUT2D eigenvalue weighted by Gasteiger charge is -2.66. The Morgan fingerprint density at radius 1 is 0.822 bits per heavy atom. The Morgan fingerprint density at radius 2 is 1.44 bits per heavy atom. The highest BCUT2D eigenvalue weighted by atomic mass is 16.5. The highest BCUT2D eigenvalue weighted by Gasteiger charge is 2.68. The lowest BCUT2D eigenvalue weighted by Crippen LogP contribution is -2.60. The molecule has 0 aliphatic heterocycles. The topological polar surface area (TPSA) is 69.9 Å². The Hall–Kier alpha value is -1.20. The molecule has 254 valence electrons. The highest BCUT2D eigenvalue weighted by molar-refractivity contribution is 5.36. The molecule has 4 heteroatoms. The zero-order chi connectivity index (χ0) is 33.5. The van der Waals surface area contributed by atoms with Gasteiger partial charge in [0, 0.05) is 5.41 Å². The minimum absolute atomic E-state index is 0.00966. The maximum absolute atomic E-state index is 11.4. The van der Waals surface area contributed by atoms with Crippen LogP contribution in [0.15, 0.2) is 29.8 Å². The molecule has 1 aromatic rings. The number of aliphatic hydroxyl groups is 3. The van der Waals surface area contributed by atoms with E-state index in [0.717, 1.165) is 25.7 Å². The molecule has 0 aromatic heterocycles. The van der Waals surface area contributed by atoms with Crippen molar-refractivity contribution >= 4 is 0 Å². The fourth-order valence-corrected chi connectivity index (χ4v) is 11.8. The van der Waals surface area contributed by atoms with Crippen molar-refractivity contribution in [3.63, 3.8) is 0 Å². The third kappa shape index (κ3) is 5.41. The second kappa shape index (κ2) is 11.7. The van der Waals surface area contributed by atoms with Crippen LogP contribution < -0.4 is 0 Å². The van der Waals surface area contributed by atoms with Crippen LogP contribution in [0.4, 0.5) is 0 Å². The van der Waals surface area contributed by atoms with Gasteiger partial charge in [-0.2, -0.15) is 0 Å². The molecule has 0 radical (unpaired) electrons. The van der Waals surface area contributed by atoms with Gasteiger partial charge in [-0.05, 0) is 128 Å². The summed E-state index contributed by atoms with van der Waals surface area (Å²) >= 11 is 0. The van der Waals surface area contributed by atoms with Crippen molar-refractivity contribution in [3.05, 3.63) is 46.5 Å². The molecule has 0 saturated heterocycles. The van der Waals surface area contributed by atoms with Crippen LogP contribution in [-0.4, -0.2) is 39.7 Å². The Bertz CT molecular complexity index is 1250. The van der Waals surface area contributed by atoms with Gasteiger partial charge in [-0.3, -0.25) is 0 Å². The van der Waals surface area contributed by atoms with Crippen LogP contribution in [0.2, 0.25) is 0 Å². The maximum Gasteiger partial charge on any atom is 0.106 e. The van der Waals surface area contributed by atoms with E-state index < -0.39 is 23.7 Å². The van der Waals surface area contributed by atoms with Crippen molar-refractivity contribution < 1.29 is 20.1 Å². The minimum atomic E-state index is -1.14. The summed E-state index contributed by atoms with van der Waals surface area (Å²) < 4.78 is 6.99. The zero-order valence-corrected chi connectivity index (χ0v) is 30.7. The molecular weight excluding hydrogens is 556 g/mol. The van der Waals surface area contributed by atoms with E-state index in [1.165, 1.54) is 36.0 Å². The molecule has 3 fully saturated rings. The van der Waals surface area contributed by atoms with Gasteiger partial charge in [0.25, 0.3) is 0 Å². The number of aryl methyl sites for hydroxylation is 2. The van der Waals surface area contributed by atoms with E-state index in [-0.39, 0.29) is 39.8 Å². The van der Waals surface area contributed by atoms with Crippen LogP contribution in [-0.2, 0) is 4.74 Å². The third-order valence-corrected chi connectivity index (χ3v) is 14.9. The Kier molecular flexibility index (Phi) is 9.16. The maximum atomic E-state index is 11.4. The normalized spacial score (nSPS) is 39.5. The van der Waals surface area contributed by atoms with Crippen molar-refractivity contribution in [1.82, 2.24) is 0 Å². The molecule has 0 bridgehead atoms. The highest BCUT2D eigenvalue weighted by Crippen LogP contribution is 2.75. The SMILES string of the molecule is Cc1cccc(C)c1C(C)O[C@H]1CCC2C(=CCC3[C@@]2(C)CC[C@]2(C)[C@@H]([C@H](C)[C@H](O)[C@@H](O)[C@@H](O)C(C)(C)C)CC[C@@]32C)C1(C)C. The van der Waals surface area contributed by atoms with Crippen molar-refractivity contribution in [1.29, 1.82) is 0 Å². The first-order valence-corrected chi connectivity index (χ1v) is 18.2. The number of aliphatic hydroxyl groups excluding tert-OH is 3. The summed E-state index contributed by atoms with van der Waals surface area (Å²) in [5.41, 5.74) is 5.62. The summed E-state index contributed by atoms with van der Waals surface area (Å²) in [6.45, 7) is 27.1. The lowest BCUT2D eigenvalue weighted by atomic mass is 9.39. The van der Waals surface area contributed by atoms with Gasteiger partial charge >= 0.3 is 0 Å². The first-order valence-electron chi connectivity index (χ1n) is 18.2. The molecule has 1 aromatic carbocycles. The second-order valence-corrected chi connectivity index (χ2v) is 18.5. The van der Waals surface area contributed by atoms with Gasteiger partial charge in [-0.1, -0.05) is 92.2 Å². The summed E-state index contributed by atoms with van der Waals surface area (Å²) in [5.74, 6) is 1.42. The number of ether oxygens (including phenoxy) is 1. The smallest absolute Gasteiger partial charge is 0.106 e. The lowest BCUT2D eigenvalue weighted by molar-refractivity contribution is -0.165. The van der Waals surface area contributed by atoms with Crippen molar-refractivity contribution in [2.24, 2.45) is 50.7 Å². The number of rotatable bonds is 7. The molecule has 45 heavy (non-hydrogen) atoms. The average Bonchev–Trinajstić information content (AvgIpc) is 3.23. The fraction of sp³-hybridized carbons (Fsp3) is 0.805. The summed E-state index contributed by atoms with van der Waals surface area (Å²) in [6, 6.07) is 6.56. The van der Waals surface area contributed by atoms with Crippen LogP contribution in [0.1, 0.15) is 137 Å². The van der Waals surface area contributed by atoms with E-state index in [1.54, 1.807) is 5.57 Å². The Morgan fingerprint density at radius 3 is 2.04 bits per heavy atom. The molecule has 4 aliphatic carbocycles. The largest absolute Gasteiger partial charge is 0.390 e. The molecule has 0 heterocycles. The van der Waals surface area contributed by atoms with Crippen LogP contribution >= 0.6 is 0 Å². The number of hydrogen-bond acceptors (Lipinski definition) is 4. The summed E-state index contributed by atoms with van der Waals surface area (Å²) in [5, 5.41) is 33.3. The van der Waals surface area contributed by atoms with Gasteiger partial charge in [0.1, 0.15) is 6.10 Å². The molecular formula is C41H66O4. The number of hydrogen-bond donors (Lipinski definition) is 3. The van der Waals surface area contributed by atoms with E-state index in [9.17, 15) is 15.3 Å². The van der Waals surface area contributed by atoms with Gasteiger partial charge in [0.15, 0.2) is 0 Å². The van der Waals surface area contributed by atoms with Gasteiger partial charge in [-0.25, -0.2) is 0 Å². The van der Waals surface area contributed by atoms with Crippen LogP contribution in [0.3, 0.4) is 0 Å². The van der Waals surface area contributed by atoms with E-state index in [1.807, 2.05) is 20.8 Å². The standard InChI is InChI=1S/C41H66O4/c1-24-14-13-15-25(2)33(24)27(4)45-32-19-17-30-29(38(32,8)9)16-18-31-39(30,10)22-23-40(11)28(20-21-41(31,40)12)26(3)34(42)35(43)36(44)37(5,6)7/h13-16,26-28,30-32,34-36,42-44H,17-23H2,1-12H3/t26-,27?,28+,30?,31?,32-,34-,35+,36+,39-,40+,41-/m0/s1. The van der Waals surface area contributed by atoms with E-state index in [4.69, 9.17) is 4.74 Å². The predicted molar refractivity (Wildman–Crippen MR) is 185 cm³/mol. The van der Waals surface area contributed by atoms with Crippen molar-refractivity contribution in [2.75, 3.05) is 0 Å². The van der Waals surface area contributed by atoms with Crippen molar-refractivity contribution in [2.45, 2.75) is 159 Å². The summed E-state index contributed by atoms with van der Waals surface area (Å²) in [6.07, 6.45) is 7.90. The molecule has 12 atom stereocenters. The molecule has 0 spiro atoms. The molecule has 3 unspecified atom stereocenters. The van der Waals surface area contributed by atoms with Gasteiger partial charge < -0.3 is 20.1 Å². The molecule has 5 rings (SSSR count). The van der Waals surface area contributed by atoms with Crippen LogP contribution in [0, 0.1) is 64.6 Å². The first kappa shape index (κ1) is 35.1. The first-order chi connectivity index (χ1) is 20.7. The molecule has 0 amide bonds. The monoisotopic (exact) mass is 622 g/mol. The number of fused-ring (bicyclic) bond motifs is 5. The Balaban J connectivity index is 1.38. The van der Waals surface area contributed by atoms with Crippen LogP contribution in [0.25, 0.3) is 0 Å². The predicted octanol–water partition coefficient (Wildman–Crippen LogP) is 9.12. The quantitative estimate of drug-likeness (QED) is 0.265. The van der Waals surface area contributed by atoms with E-state index in [0.29, 0.717) is 17.8 Å². The molecule has 3 saturated carbocycles. The average molecular weight is 623 g/mol. The third-order valence-electron chi connectivity index (χ3n) is 14.9. The number of benzene rings is 1. The summed E-state index contributed by atoms with van der Waals surface area (Å²) in [4.78, 5) is 0. The van der Waals surface area contributed by atoms with Gasteiger partial charge in [0.2, 0.25) is 0 Å². The van der Waals surface area contributed by atoms with Gasteiger partial charge in [0.05, 0.1) is 24.4 Å². The van der Waals surface area contributed by atoms with E-state index in [2.05, 4.69) is 86.6 Å². The summed E-state index contributed by atoms with van der Waals surface area (Å²) in [7, 11) is 0. The fourth-order valence-electron chi connectivity index (χ4n) is 11.8. The van der Waals surface area contributed by atoms with Crippen LogP contribution in [0.5, 0.6) is 0 Å². The zero-order valence-electron chi connectivity index (χ0n) is 30.7.